The number of nitrogens with one attached hydrogen (secondary N) is 2. The summed E-state index contributed by atoms with van der Waals surface area (Å²) in [5.41, 5.74) is 2.31. The lowest BCUT2D eigenvalue weighted by molar-refractivity contribution is 0.473. The molecule has 7 heteroatoms. The van der Waals surface area contributed by atoms with Gasteiger partial charge >= 0.3 is 0 Å². The molecule has 29 heavy (non-hydrogen) atoms. The molecule has 1 aromatic heterocycles. The zero-order valence-corrected chi connectivity index (χ0v) is 20.3. The molecule has 0 bridgehead atoms. The summed E-state index contributed by atoms with van der Waals surface area (Å²) in [7, 11) is 0. The first kappa shape index (κ1) is 23.5. The Hall–Kier alpha value is -1.74. The number of nitrogens with zero attached hydrogens (tertiary/aromatic N) is 2. The highest BCUT2D eigenvalue weighted by molar-refractivity contribution is 14.0. The van der Waals surface area contributed by atoms with Crippen molar-refractivity contribution in [3.8, 4) is 0 Å². The highest BCUT2D eigenvalue weighted by atomic mass is 127. The zero-order chi connectivity index (χ0) is 19.8. The lowest BCUT2D eigenvalue weighted by Crippen LogP contribution is -2.38. The lowest BCUT2D eigenvalue weighted by Gasteiger charge is -2.11. The molecule has 0 aliphatic rings. The Labute approximate surface area is 194 Å². The number of rotatable bonds is 8. The lowest BCUT2D eigenvalue weighted by atomic mass is 10.1. The predicted molar refractivity (Wildman–Crippen MR) is 134 cm³/mol. The van der Waals surface area contributed by atoms with Gasteiger partial charge in [-0.15, -0.1) is 24.0 Å². The van der Waals surface area contributed by atoms with Gasteiger partial charge < -0.3 is 15.1 Å². The van der Waals surface area contributed by atoms with Crippen molar-refractivity contribution in [2.75, 3.05) is 18.8 Å². The quantitative estimate of drug-likeness (QED) is 0.187. The van der Waals surface area contributed by atoms with Crippen LogP contribution in [-0.2, 0) is 12.3 Å². The molecule has 0 saturated carbocycles. The maximum Gasteiger partial charge on any atom is 0.216 e. The molecule has 2 N–H and O–H groups in total. The summed E-state index contributed by atoms with van der Waals surface area (Å²) < 4.78 is 5.59. The van der Waals surface area contributed by atoms with Crippen LogP contribution >= 0.6 is 35.7 Å². The van der Waals surface area contributed by atoms with Crippen LogP contribution in [0.3, 0.4) is 0 Å². The van der Waals surface area contributed by atoms with Crippen LogP contribution in [0.25, 0.3) is 10.8 Å². The fraction of sp³-hybridized carbons (Fsp3) is 0.364. The Morgan fingerprint density at radius 3 is 2.66 bits per heavy atom. The van der Waals surface area contributed by atoms with Crippen molar-refractivity contribution in [3.05, 3.63) is 65.4 Å². The summed E-state index contributed by atoms with van der Waals surface area (Å²) in [6.45, 7) is 8.04. The monoisotopic (exact) mass is 524 g/mol. The van der Waals surface area contributed by atoms with Crippen molar-refractivity contribution in [1.29, 1.82) is 0 Å². The van der Waals surface area contributed by atoms with Gasteiger partial charge in [-0.1, -0.05) is 42.5 Å². The second-order valence-corrected chi connectivity index (χ2v) is 7.67. The summed E-state index contributed by atoms with van der Waals surface area (Å²) >= 11 is 1.92. The second kappa shape index (κ2) is 12.1. The summed E-state index contributed by atoms with van der Waals surface area (Å²) in [6, 6.07) is 15.1. The second-order valence-electron chi connectivity index (χ2n) is 6.56. The molecule has 0 radical (unpaired) electrons. The Balaban J connectivity index is 0.00000300. The third-order valence-electron chi connectivity index (χ3n) is 4.47. The number of aryl methyl sites for hydroxylation is 2. The number of aliphatic imine (C=N–C) groups is 1. The highest BCUT2D eigenvalue weighted by Crippen LogP contribution is 2.22. The van der Waals surface area contributed by atoms with Gasteiger partial charge in [0.1, 0.15) is 12.3 Å². The van der Waals surface area contributed by atoms with E-state index in [9.17, 15) is 0 Å². The van der Waals surface area contributed by atoms with E-state index in [4.69, 9.17) is 4.42 Å². The molecule has 0 fully saturated rings. The molecule has 0 aliphatic heterocycles. The van der Waals surface area contributed by atoms with Gasteiger partial charge in [0.2, 0.25) is 5.89 Å². The van der Waals surface area contributed by atoms with E-state index in [0.717, 1.165) is 42.0 Å². The van der Waals surface area contributed by atoms with Crippen LogP contribution in [0.4, 0.5) is 0 Å². The van der Waals surface area contributed by atoms with Crippen LogP contribution in [0.15, 0.2) is 51.9 Å². The van der Waals surface area contributed by atoms with Crippen LogP contribution in [0, 0.1) is 13.8 Å². The molecule has 5 nitrogen and oxygen atoms in total. The summed E-state index contributed by atoms with van der Waals surface area (Å²) in [5, 5.41) is 9.30. The number of thioether (sulfide) groups is 1. The molecule has 3 aromatic rings. The molecule has 0 aliphatic carbocycles. The van der Waals surface area contributed by atoms with E-state index in [0.29, 0.717) is 12.4 Å². The van der Waals surface area contributed by atoms with Crippen molar-refractivity contribution in [3.63, 3.8) is 0 Å². The van der Waals surface area contributed by atoms with Crippen molar-refractivity contribution < 1.29 is 4.42 Å². The molecule has 0 spiro atoms. The summed E-state index contributed by atoms with van der Waals surface area (Å²) in [6.07, 6.45) is 0. The Kier molecular flexibility index (Phi) is 9.80. The van der Waals surface area contributed by atoms with Gasteiger partial charge in [-0.05, 0) is 37.1 Å². The summed E-state index contributed by atoms with van der Waals surface area (Å²) in [4.78, 5) is 8.94. The van der Waals surface area contributed by atoms with Gasteiger partial charge in [-0.2, -0.15) is 11.8 Å². The number of hydrogen-bond acceptors (Lipinski definition) is 4. The van der Waals surface area contributed by atoms with E-state index in [1.54, 1.807) is 0 Å². The Morgan fingerprint density at radius 2 is 1.90 bits per heavy atom. The molecule has 3 rings (SSSR count). The minimum absolute atomic E-state index is 0. The number of aromatic nitrogens is 1. The van der Waals surface area contributed by atoms with Gasteiger partial charge in [-0.3, -0.25) is 0 Å². The molecular weight excluding hydrogens is 495 g/mol. The largest absolute Gasteiger partial charge is 0.444 e. The van der Waals surface area contributed by atoms with Crippen LogP contribution in [-0.4, -0.2) is 29.8 Å². The minimum Gasteiger partial charge on any atom is -0.444 e. The number of halogens is 1. The van der Waals surface area contributed by atoms with Gasteiger partial charge in [0, 0.05) is 24.6 Å². The molecule has 0 saturated heterocycles. The van der Waals surface area contributed by atoms with E-state index in [1.165, 1.54) is 16.3 Å². The highest BCUT2D eigenvalue weighted by Gasteiger charge is 2.05. The molecule has 0 unspecified atom stereocenters. The van der Waals surface area contributed by atoms with Gasteiger partial charge in [0.05, 0.1) is 5.69 Å². The number of oxazole rings is 1. The number of benzene rings is 2. The van der Waals surface area contributed by atoms with E-state index in [-0.39, 0.29) is 24.0 Å². The predicted octanol–water partition coefficient (Wildman–Crippen LogP) is 5.05. The van der Waals surface area contributed by atoms with E-state index < -0.39 is 0 Å². The fourth-order valence-corrected chi connectivity index (χ4v) is 3.80. The minimum atomic E-state index is 0. The van der Waals surface area contributed by atoms with Crippen molar-refractivity contribution >= 4 is 52.5 Å². The normalized spacial score (nSPS) is 11.3. The Bertz CT molecular complexity index is 917. The Morgan fingerprint density at radius 1 is 1.10 bits per heavy atom. The van der Waals surface area contributed by atoms with E-state index in [1.807, 2.05) is 25.6 Å². The summed E-state index contributed by atoms with van der Waals surface area (Å²) in [5.74, 6) is 4.31. The molecule has 2 aromatic carbocycles. The first-order valence-electron chi connectivity index (χ1n) is 9.67. The molecule has 0 atom stereocenters. The smallest absolute Gasteiger partial charge is 0.216 e. The SMILES string of the molecule is CCNC(=NCc1nc(C)c(C)o1)NCCSCc1cccc2ccccc12.I. The number of hydrogen-bond donors (Lipinski definition) is 2. The fourth-order valence-electron chi connectivity index (χ4n) is 2.94. The third kappa shape index (κ3) is 6.92. The van der Waals surface area contributed by atoms with Crippen molar-refractivity contribution in [1.82, 2.24) is 15.6 Å². The van der Waals surface area contributed by atoms with Crippen LogP contribution in [0.5, 0.6) is 0 Å². The van der Waals surface area contributed by atoms with Crippen molar-refractivity contribution in [2.45, 2.75) is 33.1 Å². The maximum atomic E-state index is 5.59. The van der Waals surface area contributed by atoms with Gasteiger partial charge in [-0.25, -0.2) is 9.98 Å². The van der Waals surface area contributed by atoms with E-state index in [2.05, 4.69) is 70.0 Å². The molecule has 0 amide bonds. The first-order valence-corrected chi connectivity index (χ1v) is 10.8. The van der Waals surface area contributed by atoms with E-state index >= 15 is 0 Å². The third-order valence-corrected chi connectivity index (χ3v) is 5.47. The molecule has 156 valence electrons. The van der Waals surface area contributed by atoms with Crippen LogP contribution in [0.1, 0.15) is 29.8 Å². The maximum absolute atomic E-state index is 5.59. The molecular formula is C22H29IN4OS. The molecule has 1 heterocycles. The van der Waals surface area contributed by atoms with Gasteiger partial charge in [0.25, 0.3) is 0 Å². The number of fused-ring (bicyclic) bond motifs is 1. The van der Waals surface area contributed by atoms with Crippen LogP contribution < -0.4 is 10.6 Å². The zero-order valence-electron chi connectivity index (χ0n) is 17.2. The number of guanidine groups is 1. The average Bonchev–Trinajstić information content (AvgIpc) is 3.03. The topological polar surface area (TPSA) is 62.5 Å². The van der Waals surface area contributed by atoms with Gasteiger partial charge in [0.15, 0.2) is 5.96 Å². The van der Waals surface area contributed by atoms with Crippen LogP contribution in [0.2, 0.25) is 0 Å². The average molecular weight is 524 g/mol. The van der Waals surface area contributed by atoms with Crippen molar-refractivity contribution in [2.24, 2.45) is 4.99 Å². The first-order chi connectivity index (χ1) is 13.7. The standard InChI is InChI=1S/C22H28N4OS.HI/c1-4-23-22(25-14-21-26-16(2)17(3)27-21)24-12-13-28-15-19-10-7-9-18-8-5-6-11-20(18)19;/h5-11H,4,12-15H2,1-3H3,(H2,23,24,25);1H.